The molecule has 1 aromatic rings. The lowest BCUT2D eigenvalue weighted by Gasteiger charge is -2.39. The first-order valence-electron chi connectivity index (χ1n) is 11.4. The average molecular weight is 481 g/mol. The average Bonchev–Trinajstić information content (AvgIpc) is 3.11. The molecule has 0 bridgehead atoms. The van der Waals surface area contributed by atoms with Crippen molar-refractivity contribution in [1.29, 1.82) is 0 Å². The first-order chi connectivity index (χ1) is 14.1. The van der Waals surface area contributed by atoms with Gasteiger partial charge in [-0.2, -0.15) is 8.42 Å². The Morgan fingerprint density at radius 3 is 1.60 bits per heavy atom. The predicted octanol–water partition coefficient (Wildman–Crippen LogP) is 7.65. The van der Waals surface area contributed by atoms with E-state index in [-0.39, 0.29) is 4.91 Å². The van der Waals surface area contributed by atoms with Crippen LogP contribution < -0.4 is 0 Å². The molecule has 1 heterocycles. The topological polar surface area (TPSA) is 54.4 Å². The smallest absolute Gasteiger partial charge is 0.290 e. The van der Waals surface area contributed by atoms with Crippen molar-refractivity contribution < 1.29 is 17.5 Å². The fraction of sp³-hybridized carbons (Fsp3) is 0.739. The summed E-state index contributed by atoms with van der Waals surface area (Å²) in [5.74, 6) is 0. The van der Waals surface area contributed by atoms with Crippen LogP contribution in [0.2, 0.25) is 4.34 Å². The van der Waals surface area contributed by atoms with Gasteiger partial charge in [0.05, 0.1) is 35.4 Å². The summed E-state index contributed by atoms with van der Waals surface area (Å²) in [6.45, 7) is 16.3. The monoisotopic (exact) mass is 480 g/mol. The molecule has 30 heavy (non-hydrogen) atoms. The number of halogens is 1. The Morgan fingerprint density at radius 2 is 1.33 bits per heavy atom. The highest BCUT2D eigenvalue weighted by Gasteiger charge is 2.24. The summed E-state index contributed by atoms with van der Waals surface area (Å²) in [6, 6.07) is 3.34. The maximum Gasteiger partial charge on any atom is 0.290 e. The molecular weight excluding hydrogens is 438 g/mol. The molecule has 0 unspecified atom stereocenters. The van der Waals surface area contributed by atoms with E-state index in [0.717, 1.165) is 0 Å². The summed E-state index contributed by atoms with van der Waals surface area (Å²) < 4.78 is 31.8. The van der Waals surface area contributed by atoms with Crippen molar-refractivity contribution in [3.05, 3.63) is 26.3 Å². The van der Waals surface area contributed by atoms with Crippen molar-refractivity contribution in [1.82, 2.24) is 0 Å². The van der Waals surface area contributed by atoms with Gasteiger partial charge in [0.2, 0.25) is 0 Å². The van der Waals surface area contributed by atoms with E-state index < -0.39 is 10.1 Å². The summed E-state index contributed by atoms with van der Waals surface area (Å²) in [5, 5.41) is 0. The minimum Gasteiger partial charge on any atom is -0.324 e. The quantitative estimate of drug-likeness (QED) is 0.219. The molecule has 0 aromatic carbocycles. The third-order valence-corrected chi connectivity index (χ3v) is 7.40. The second kappa shape index (κ2) is 16.3. The minimum atomic E-state index is -4.07. The molecule has 0 saturated carbocycles. The van der Waals surface area contributed by atoms with Crippen LogP contribution in [-0.4, -0.2) is 43.6 Å². The Morgan fingerprint density at radius 1 is 0.933 bits per heavy atom. The fourth-order valence-electron chi connectivity index (χ4n) is 3.33. The third kappa shape index (κ3) is 13.1. The summed E-state index contributed by atoms with van der Waals surface area (Å²) in [6.07, 6.45) is 12.4. The first kappa shape index (κ1) is 29.6. The van der Waals surface area contributed by atoms with E-state index >= 15 is 0 Å². The lowest BCUT2D eigenvalue weighted by atomic mass is 10.1. The molecule has 0 aliphatic rings. The van der Waals surface area contributed by atoms with Crippen molar-refractivity contribution >= 4 is 39.1 Å². The maximum atomic E-state index is 10.6. The molecule has 0 atom stereocenters. The van der Waals surface area contributed by atoms with Gasteiger partial charge in [0.25, 0.3) is 10.1 Å². The van der Waals surface area contributed by atoms with Crippen molar-refractivity contribution in [3.63, 3.8) is 0 Å². The molecule has 1 aromatic heterocycles. The highest BCUT2D eigenvalue weighted by molar-refractivity contribution is 7.89. The zero-order valence-electron chi connectivity index (χ0n) is 19.6. The van der Waals surface area contributed by atoms with Crippen LogP contribution in [-0.2, 0) is 10.1 Å². The Balaban J connectivity index is 0.000000579. The van der Waals surface area contributed by atoms with Crippen LogP contribution in [0.25, 0.3) is 6.08 Å². The number of hydrogen-bond acceptors (Lipinski definition) is 3. The van der Waals surface area contributed by atoms with Gasteiger partial charge in [-0.15, -0.1) is 11.3 Å². The van der Waals surface area contributed by atoms with Gasteiger partial charge in [-0.05, 0) is 50.8 Å². The molecule has 0 fully saturated rings. The molecule has 4 nitrogen and oxygen atoms in total. The summed E-state index contributed by atoms with van der Waals surface area (Å²) in [7, 11) is -4.07. The minimum absolute atomic E-state index is 0.0917. The molecular formula is C23H43ClNO3S2+. The van der Waals surface area contributed by atoms with Gasteiger partial charge < -0.3 is 4.48 Å². The molecule has 0 amide bonds. The number of rotatable bonds is 14. The molecule has 1 N–H and O–H groups in total. The zero-order chi connectivity index (χ0) is 23.0. The van der Waals surface area contributed by atoms with Gasteiger partial charge in [0, 0.05) is 4.88 Å². The van der Waals surface area contributed by atoms with Gasteiger partial charge in [-0.3, -0.25) is 4.55 Å². The molecule has 0 aliphatic heterocycles. The highest BCUT2D eigenvalue weighted by Crippen LogP contribution is 2.24. The van der Waals surface area contributed by atoms with E-state index in [1.54, 1.807) is 12.1 Å². The molecule has 1 rings (SSSR count). The van der Waals surface area contributed by atoms with Crippen LogP contribution in [0.4, 0.5) is 0 Å². The number of allylic oxidation sites excluding steroid dienone is 1. The second-order valence-electron chi connectivity index (χ2n) is 8.02. The number of nitrogens with zero attached hydrogens (tertiary/aromatic N) is 1. The predicted molar refractivity (Wildman–Crippen MR) is 134 cm³/mol. The van der Waals surface area contributed by atoms with Gasteiger partial charge in [0.15, 0.2) is 0 Å². The molecule has 176 valence electrons. The normalized spacial score (nSPS) is 12.6. The summed E-state index contributed by atoms with van der Waals surface area (Å²) in [4.78, 5) is 0.603. The second-order valence-corrected chi connectivity index (χ2v) is 11.4. The SMILES string of the molecule is C/C(=C\c1ccc(Cl)s1)S(=O)(=O)O.CCCC[N+](CCCC)(CCCC)CCCC. The van der Waals surface area contributed by atoms with Gasteiger partial charge in [0.1, 0.15) is 0 Å². The number of unbranched alkanes of at least 4 members (excludes halogenated alkanes) is 4. The lowest BCUT2D eigenvalue weighted by Crippen LogP contribution is -2.50. The van der Waals surface area contributed by atoms with Crippen molar-refractivity contribution in [2.75, 3.05) is 26.2 Å². The number of thiophene rings is 1. The first-order valence-corrected chi connectivity index (χ1v) is 14.0. The van der Waals surface area contributed by atoms with Crippen LogP contribution in [0.15, 0.2) is 17.0 Å². The Labute approximate surface area is 194 Å². The van der Waals surface area contributed by atoms with E-state index in [1.807, 2.05) is 0 Å². The fourth-order valence-corrected chi connectivity index (χ4v) is 4.74. The van der Waals surface area contributed by atoms with Gasteiger partial charge in [-0.1, -0.05) is 65.0 Å². The van der Waals surface area contributed by atoms with E-state index in [2.05, 4.69) is 27.7 Å². The third-order valence-electron chi connectivity index (χ3n) is 5.29. The van der Waals surface area contributed by atoms with Crippen LogP contribution in [0.3, 0.4) is 0 Å². The molecule has 0 radical (unpaired) electrons. The van der Waals surface area contributed by atoms with Crippen molar-refractivity contribution in [2.45, 2.75) is 86.0 Å². The lowest BCUT2D eigenvalue weighted by molar-refractivity contribution is -0.929. The standard InChI is InChI=1S/C16H36N.C7H7ClO3S2/c1-5-9-13-17(14-10-6-2,15-11-7-3)16-12-8-4;1-5(13(9,10)11)4-6-2-3-7(8)12-6/h5-16H2,1-4H3;2-4H,1H3,(H,9,10,11)/q+1;/b;5-4+. The molecule has 0 aliphatic carbocycles. The Kier molecular flexibility index (Phi) is 16.0. The van der Waals surface area contributed by atoms with Gasteiger partial charge >= 0.3 is 0 Å². The molecule has 0 saturated heterocycles. The van der Waals surface area contributed by atoms with Crippen LogP contribution in [0, 0.1) is 0 Å². The number of quaternary nitrogens is 1. The maximum absolute atomic E-state index is 10.6. The Hall–Kier alpha value is -0.400. The van der Waals surface area contributed by atoms with Gasteiger partial charge in [-0.25, -0.2) is 0 Å². The van der Waals surface area contributed by atoms with E-state index in [9.17, 15) is 8.42 Å². The van der Waals surface area contributed by atoms with E-state index in [0.29, 0.717) is 9.21 Å². The van der Waals surface area contributed by atoms with E-state index in [1.165, 1.54) is 106 Å². The zero-order valence-corrected chi connectivity index (χ0v) is 22.0. The van der Waals surface area contributed by atoms with Crippen molar-refractivity contribution in [2.24, 2.45) is 0 Å². The summed E-state index contributed by atoms with van der Waals surface area (Å²) in [5.41, 5.74) is 0. The van der Waals surface area contributed by atoms with Crippen molar-refractivity contribution in [3.8, 4) is 0 Å². The highest BCUT2D eigenvalue weighted by atomic mass is 35.5. The molecule has 0 spiro atoms. The Bertz CT molecular complexity index is 662. The van der Waals surface area contributed by atoms with Crippen LogP contribution >= 0.6 is 22.9 Å². The number of hydrogen-bond donors (Lipinski definition) is 1. The van der Waals surface area contributed by atoms with Crippen LogP contribution in [0.1, 0.15) is 90.9 Å². The molecule has 7 heteroatoms. The largest absolute Gasteiger partial charge is 0.324 e. The van der Waals surface area contributed by atoms with E-state index in [4.69, 9.17) is 16.2 Å². The van der Waals surface area contributed by atoms with Crippen LogP contribution in [0.5, 0.6) is 0 Å². The summed E-state index contributed by atoms with van der Waals surface area (Å²) >= 11 is 6.88.